The fourth-order valence-corrected chi connectivity index (χ4v) is 9.95. The van der Waals surface area contributed by atoms with Crippen molar-refractivity contribution < 1.29 is 39.2 Å². The van der Waals surface area contributed by atoms with E-state index in [2.05, 4.69) is 20.9 Å². The number of alkyl halides is 1. The number of aliphatic hydroxyl groups is 1. The van der Waals surface area contributed by atoms with Crippen LogP contribution >= 0.6 is 22.9 Å². The van der Waals surface area contributed by atoms with Gasteiger partial charge in [-0.05, 0) is 107 Å². The summed E-state index contributed by atoms with van der Waals surface area (Å²) in [4.78, 5) is 60.0. The Bertz CT molecular complexity index is 2580. The summed E-state index contributed by atoms with van der Waals surface area (Å²) < 4.78 is 5.96. The van der Waals surface area contributed by atoms with Crippen LogP contribution in [0.2, 0.25) is 0 Å². The molecule has 72 heavy (non-hydrogen) atoms. The van der Waals surface area contributed by atoms with Crippen LogP contribution in [0.1, 0.15) is 119 Å². The van der Waals surface area contributed by atoms with Crippen LogP contribution in [-0.4, -0.2) is 92.6 Å². The van der Waals surface area contributed by atoms with Crippen LogP contribution in [0.4, 0.5) is 0 Å². The van der Waals surface area contributed by atoms with E-state index in [1.165, 1.54) is 4.90 Å². The summed E-state index contributed by atoms with van der Waals surface area (Å²) in [7, 11) is 0. The van der Waals surface area contributed by atoms with Crippen LogP contribution < -0.4 is 20.7 Å². The number of aromatic hydroxyl groups is 2. The molecule has 4 aromatic carbocycles. The molecule has 5 aromatic rings. The van der Waals surface area contributed by atoms with Gasteiger partial charge in [0.15, 0.2) is 0 Å². The number of thiazole rings is 1. The molecule has 0 bridgehead atoms. The number of ether oxygens (including phenoxy) is 1. The van der Waals surface area contributed by atoms with Crippen molar-refractivity contribution in [3.05, 3.63) is 131 Å². The second-order valence-electron chi connectivity index (χ2n) is 19.5. The first-order valence-electron chi connectivity index (χ1n) is 25.0. The highest BCUT2D eigenvalue weighted by Crippen LogP contribution is 2.37. The van der Waals surface area contributed by atoms with E-state index >= 15 is 0 Å². The SMILES string of the molecule is Cc1ncsc1-c1ccc(CNC(=O)[C@@H]2C[C@@H](O)CN2C(=O)[C@@H](NC(=O)CCCCCCCCCC(=O)NCCOc2ccc(C(=C(CCCl)c3ccc(O)cc3)c3ccc(O)cc3)cc2)C(C)(C)C)cc1. The number of nitrogens with one attached hydrogen (secondary N) is 3. The number of halogens is 1. The van der Waals surface area contributed by atoms with Gasteiger partial charge in [0, 0.05) is 38.2 Å². The largest absolute Gasteiger partial charge is 0.508 e. The van der Waals surface area contributed by atoms with Crippen molar-refractivity contribution in [1.82, 2.24) is 25.8 Å². The molecule has 6 N–H and O–H groups in total. The normalized spacial score (nSPS) is 15.4. The van der Waals surface area contributed by atoms with Crippen molar-refractivity contribution in [2.45, 2.75) is 123 Å². The Morgan fingerprint density at radius 1 is 0.764 bits per heavy atom. The number of nitrogens with zero attached hydrogens (tertiary/aromatic N) is 2. The maximum absolute atomic E-state index is 14.0. The molecule has 1 fully saturated rings. The molecular weight excluding hydrogens is 950 g/mol. The van der Waals surface area contributed by atoms with E-state index in [4.69, 9.17) is 16.3 Å². The molecule has 1 saturated heterocycles. The monoisotopic (exact) mass is 1020 g/mol. The summed E-state index contributed by atoms with van der Waals surface area (Å²) in [6, 6.07) is 28.0. The molecule has 4 amide bonds. The minimum Gasteiger partial charge on any atom is -0.508 e. The first-order valence-corrected chi connectivity index (χ1v) is 26.5. The summed E-state index contributed by atoms with van der Waals surface area (Å²) in [5.41, 5.74) is 8.86. The van der Waals surface area contributed by atoms with Gasteiger partial charge in [-0.15, -0.1) is 22.9 Å². The van der Waals surface area contributed by atoms with E-state index in [9.17, 15) is 34.5 Å². The van der Waals surface area contributed by atoms with Crippen LogP contribution in [0.3, 0.4) is 0 Å². The molecule has 15 heteroatoms. The van der Waals surface area contributed by atoms with Crippen molar-refractivity contribution in [3.8, 4) is 27.7 Å². The number of rotatable bonds is 25. The van der Waals surface area contributed by atoms with E-state index in [1.54, 1.807) is 35.6 Å². The van der Waals surface area contributed by atoms with Crippen LogP contribution in [-0.2, 0) is 25.7 Å². The predicted octanol–water partition coefficient (Wildman–Crippen LogP) is 9.93. The van der Waals surface area contributed by atoms with Gasteiger partial charge in [-0.3, -0.25) is 19.2 Å². The molecule has 1 aliphatic rings. The second-order valence-corrected chi connectivity index (χ2v) is 20.8. The van der Waals surface area contributed by atoms with Crippen molar-refractivity contribution in [1.29, 1.82) is 0 Å². The second kappa shape index (κ2) is 27.0. The topological polar surface area (TPSA) is 190 Å². The number of allylic oxidation sites excluding steroid dienone is 1. The highest BCUT2D eigenvalue weighted by atomic mass is 35.5. The van der Waals surface area contributed by atoms with Gasteiger partial charge in [-0.1, -0.05) is 114 Å². The molecule has 384 valence electrons. The number of aromatic nitrogens is 1. The number of β-amino-alcohol motifs (C(OH)–C–C–N with tert-alkyl or cyclic N) is 1. The lowest BCUT2D eigenvalue weighted by atomic mass is 9.85. The van der Waals surface area contributed by atoms with Crippen LogP contribution in [0.5, 0.6) is 17.2 Å². The first-order chi connectivity index (χ1) is 34.6. The van der Waals surface area contributed by atoms with Gasteiger partial charge in [0.2, 0.25) is 23.6 Å². The average Bonchev–Trinajstić information content (AvgIpc) is 3.99. The van der Waals surface area contributed by atoms with Gasteiger partial charge in [-0.2, -0.15) is 0 Å². The molecule has 6 rings (SSSR count). The number of aryl methyl sites for hydroxylation is 1. The Hall–Kier alpha value is -6.22. The van der Waals surface area contributed by atoms with Gasteiger partial charge >= 0.3 is 0 Å². The third-order valence-corrected chi connectivity index (χ3v) is 14.0. The van der Waals surface area contributed by atoms with Gasteiger partial charge < -0.3 is 40.9 Å². The number of phenolic OH excluding ortho intramolecular Hbond substituents is 2. The standard InChI is InChI=1S/C57H70ClN5O8S/c1-38-53(72-37-61-38)43-16-14-39(15-17-43)35-60-55(69)49-34-46(66)36-63(49)56(70)54(57(2,3)4)62-51(68)13-11-9-7-5-6-8-10-12-50(67)59-32-33-71-47-28-22-42(23-29-47)52(41-20-26-45(65)27-21-41)48(30-31-58)40-18-24-44(64)25-19-40/h14-29,37,46,49,54,64-66H,5-13,30-36H2,1-4H3,(H,59,67)(H,60,69)(H,62,68)/t46-,49+,54-/m1/s1. The van der Waals surface area contributed by atoms with E-state index in [0.29, 0.717) is 44.0 Å². The van der Waals surface area contributed by atoms with Crippen LogP contribution in [0, 0.1) is 12.3 Å². The molecular formula is C57H70ClN5O8S. The minimum absolute atomic E-state index is 0.0170. The van der Waals surface area contributed by atoms with Crippen molar-refractivity contribution in [2.75, 3.05) is 25.6 Å². The number of amides is 4. The zero-order valence-corrected chi connectivity index (χ0v) is 43.5. The summed E-state index contributed by atoms with van der Waals surface area (Å²) in [5, 5.41) is 39.3. The lowest BCUT2D eigenvalue weighted by Gasteiger charge is -2.35. The number of hydrogen-bond donors (Lipinski definition) is 6. The van der Waals surface area contributed by atoms with Crippen LogP contribution in [0.25, 0.3) is 21.6 Å². The summed E-state index contributed by atoms with van der Waals surface area (Å²) in [6.07, 6.45) is 6.77. The lowest BCUT2D eigenvalue weighted by molar-refractivity contribution is -0.144. The number of hydrogen-bond acceptors (Lipinski definition) is 10. The molecule has 3 atom stereocenters. The molecule has 1 aromatic heterocycles. The molecule has 0 radical (unpaired) electrons. The van der Waals surface area contributed by atoms with Gasteiger partial charge in [0.25, 0.3) is 0 Å². The molecule has 0 saturated carbocycles. The maximum atomic E-state index is 14.0. The Labute approximate surface area is 433 Å². The zero-order chi connectivity index (χ0) is 51.6. The Kier molecular flexibility index (Phi) is 20.7. The van der Waals surface area contributed by atoms with Crippen molar-refractivity contribution in [3.63, 3.8) is 0 Å². The highest BCUT2D eigenvalue weighted by Gasteiger charge is 2.44. The molecule has 0 unspecified atom stereocenters. The number of aliphatic hydroxyl groups excluding tert-OH is 1. The number of carbonyl (C=O) groups excluding carboxylic acids is 4. The van der Waals surface area contributed by atoms with Gasteiger partial charge in [0.1, 0.15) is 35.9 Å². The average molecular weight is 1020 g/mol. The van der Waals surface area contributed by atoms with Crippen molar-refractivity contribution in [2.24, 2.45) is 5.41 Å². The van der Waals surface area contributed by atoms with E-state index in [-0.39, 0.29) is 61.1 Å². The number of carbonyl (C=O) groups is 4. The van der Waals surface area contributed by atoms with Gasteiger partial charge in [0.05, 0.1) is 28.7 Å². The fourth-order valence-electron chi connectivity index (χ4n) is 8.95. The number of likely N-dealkylation sites (tertiary alicyclic amines) is 1. The van der Waals surface area contributed by atoms with Gasteiger partial charge in [-0.25, -0.2) is 4.98 Å². The third-order valence-electron chi connectivity index (χ3n) is 12.9. The number of unbranched alkanes of at least 4 members (excludes halogenated alkanes) is 6. The first kappa shape index (κ1) is 55.1. The summed E-state index contributed by atoms with van der Waals surface area (Å²) in [6.45, 7) is 8.60. The number of phenols is 2. The molecule has 0 spiro atoms. The van der Waals surface area contributed by atoms with E-state index in [1.807, 2.05) is 106 Å². The van der Waals surface area contributed by atoms with E-state index in [0.717, 1.165) is 88.1 Å². The zero-order valence-electron chi connectivity index (χ0n) is 41.9. The van der Waals surface area contributed by atoms with Crippen molar-refractivity contribution >= 4 is 57.7 Å². The van der Waals surface area contributed by atoms with Crippen LogP contribution in [0.15, 0.2) is 103 Å². The quantitative estimate of drug-likeness (QED) is 0.0188. The summed E-state index contributed by atoms with van der Waals surface area (Å²) in [5.74, 6) is 0.455. The smallest absolute Gasteiger partial charge is 0.246 e. The molecule has 13 nitrogen and oxygen atoms in total. The minimum atomic E-state index is -0.869. The molecule has 0 aliphatic carbocycles. The fraction of sp³-hybridized carbons (Fsp3) is 0.421. The molecule has 2 heterocycles. The third kappa shape index (κ3) is 16.1. The Morgan fingerprint density at radius 2 is 1.33 bits per heavy atom. The summed E-state index contributed by atoms with van der Waals surface area (Å²) >= 11 is 7.86. The van der Waals surface area contributed by atoms with E-state index < -0.39 is 23.6 Å². The highest BCUT2D eigenvalue weighted by molar-refractivity contribution is 7.13. The maximum Gasteiger partial charge on any atom is 0.246 e. The lowest BCUT2D eigenvalue weighted by Crippen LogP contribution is -2.57. The Balaban J connectivity index is 0.849. The number of benzene rings is 4. The predicted molar refractivity (Wildman–Crippen MR) is 286 cm³/mol. The molecule has 1 aliphatic heterocycles. The Morgan fingerprint density at radius 3 is 1.90 bits per heavy atom.